The second-order valence-corrected chi connectivity index (χ2v) is 6.07. The van der Waals surface area contributed by atoms with E-state index in [0.29, 0.717) is 18.4 Å². The van der Waals surface area contributed by atoms with Crippen molar-refractivity contribution >= 4 is 35.8 Å². The predicted octanol–water partition coefficient (Wildman–Crippen LogP) is 1.83. The summed E-state index contributed by atoms with van der Waals surface area (Å²) < 4.78 is 0. The Morgan fingerprint density at radius 2 is 1.95 bits per heavy atom. The highest BCUT2D eigenvalue weighted by Crippen LogP contribution is 2.29. The Morgan fingerprint density at radius 3 is 2.43 bits per heavy atom. The van der Waals surface area contributed by atoms with Crippen LogP contribution in [0.15, 0.2) is 4.99 Å². The van der Waals surface area contributed by atoms with Gasteiger partial charge in [0, 0.05) is 39.1 Å². The molecule has 1 aliphatic heterocycles. The summed E-state index contributed by atoms with van der Waals surface area (Å²) in [7, 11) is 1.71. The first-order valence-corrected chi connectivity index (χ1v) is 7.90. The quantitative estimate of drug-likeness (QED) is 0.424. The zero-order valence-corrected chi connectivity index (χ0v) is 15.7. The van der Waals surface area contributed by atoms with Crippen LogP contribution < -0.4 is 10.6 Å². The number of carbonyl (C=O) groups is 1. The highest BCUT2D eigenvalue weighted by Gasteiger charge is 2.34. The van der Waals surface area contributed by atoms with Gasteiger partial charge in [-0.15, -0.1) is 24.0 Å². The number of amides is 1. The molecule has 0 spiro atoms. The van der Waals surface area contributed by atoms with E-state index in [0.717, 1.165) is 44.4 Å². The van der Waals surface area contributed by atoms with Gasteiger partial charge < -0.3 is 15.5 Å². The molecule has 2 atom stereocenters. The molecule has 122 valence electrons. The second-order valence-electron chi connectivity index (χ2n) is 6.07. The number of carbonyl (C=O) groups excluding carboxylic acids is 1. The van der Waals surface area contributed by atoms with Crippen LogP contribution in [0.4, 0.5) is 0 Å². The third-order valence-electron chi connectivity index (χ3n) is 4.40. The summed E-state index contributed by atoms with van der Waals surface area (Å²) in [5.74, 6) is 2.54. The topological polar surface area (TPSA) is 56.7 Å². The lowest BCUT2D eigenvalue weighted by atomic mass is 9.93. The molecule has 0 radical (unpaired) electrons. The van der Waals surface area contributed by atoms with Crippen molar-refractivity contribution < 1.29 is 4.79 Å². The molecule has 1 saturated carbocycles. The Bertz CT molecular complexity index is 367. The third-order valence-corrected chi connectivity index (χ3v) is 4.40. The van der Waals surface area contributed by atoms with Crippen LogP contribution in [0.1, 0.15) is 39.5 Å². The van der Waals surface area contributed by atoms with Crippen LogP contribution in [-0.4, -0.2) is 49.5 Å². The van der Waals surface area contributed by atoms with Crippen molar-refractivity contribution in [2.24, 2.45) is 16.8 Å². The number of aliphatic imine (C=N–C) groups is 1. The van der Waals surface area contributed by atoms with Gasteiger partial charge in [-0.05, 0) is 38.0 Å². The Kier molecular flexibility index (Phi) is 7.76. The summed E-state index contributed by atoms with van der Waals surface area (Å²) in [6.45, 7) is 7.19. The zero-order valence-electron chi connectivity index (χ0n) is 13.4. The molecule has 21 heavy (non-hydrogen) atoms. The molecular formula is C15H29IN4O. The van der Waals surface area contributed by atoms with E-state index in [1.165, 1.54) is 6.42 Å². The van der Waals surface area contributed by atoms with Gasteiger partial charge in [0.25, 0.3) is 0 Å². The first-order chi connectivity index (χ1) is 9.63. The van der Waals surface area contributed by atoms with Gasteiger partial charge in [-0.25, -0.2) is 0 Å². The number of halogens is 1. The van der Waals surface area contributed by atoms with E-state index >= 15 is 0 Å². The molecule has 2 aliphatic rings. The fourth-order valence-corrected chi connectivity index (χ4v) is 2.79. The van der Waals surface area contributed by atoms with Crippen molar-refractivity contribution in [1.82, 2.24) is 15.5 Å². The maximum absolute atomic E-state index is 11.4. The average Bonchev–Trinajstić information content (AvgIpc) is 3.14. The van der Waals surface area contributed by atoms with E-state index in [2.05, 4.69) is 34.4 Å². The maximum Gasteiger partial charge on any atom is 0.220 e. The van der Waals surface area contributed by atoms with E-state index in [9.17, 15) is 4.79 Å². The van der Waals surface area contributed by atoms with Crippen LogP contribution in [0.25, 0.3) is 0 Å². The van der Waals surface area contributed by atoms with Crippen LogP contribution in [0.2, 0.25) is 0 Å². The Hall–Kier alpha value is -0.530. The monoisotopic (exact) mass is 408 g/mol. The van der Waals surface area contributed by atoms with E-state index in [1.807, 2.05) is 0 Å². The molecule has 0 aromatic heterocycles. The van der Waals surface area contributed by atoms with E-state index in [-0.39, 0.29) is 29.9 Å². The highest BCUT2D eigenvalue weighted by molar-refractivity contribution is 14.0. The van der Waals surface area contributed by atoms with Crippen LogP contribution in [0.3, 0.4) is 0 Å². The van der Waals surface area contributed by atoms with E-state index in [1.54, 1.807) is 7.05 Å². The molecule has 5 nitrogen and oxygen atoms in total. The summed E-state index contributed by atoms with van der Waals surface area (Å²) in [5, 5.41) is 6.29. The standard InChI is InChI=1S/C15H28N4O.HI/c1-4-17-15(18-13-9-11(13)2)19-7-5-12(6-8-19)10-14(20)16-3;/h11-13H,4-10H2,1-3H3,(H,16,20)(H,17,18);1H. The number of piperidine rings is 1. The van der Waals surface area contributed by atoms with Gasteiger partial charge in [0.1, 0.15) is 0 Å². The fraction of sp³-hybridized carbons (Fsp3) is 0.867. The molecular weight excluding hydrogens is 379 g/mol. The SMILES string of the molecule is CCN=C(NC1CC1C)N1CCC(CC(=O)NC)CC1.I. The zero-order chi connectivity index (χ0) is 14.5. The highest BCUT2D eigenvalue weighted by atomic mass is 127. The smallest absolute Gasteiger partial charge is 0.220 e. The number of nitrogens with one attached hydrogen (secondary N) is 2. The summed E-state index contributed by atoms with van der Waals surface area (Å²) in [5.41, 5.74) is 0. The normalized spacial score (nSPS) is 26.0. The summed E-state index contributed by atoms with van der Waals surface area (Å²) in [6.07, 6.45) is 4.09. The number of hydrogen-bond donors (Lipinski definition) is 2. The van der Waals surface area contributed by atoms with E-state index < -0.39 is 0 Å². The Balaban J connectivity index is 0.00000220. The van der Waals surface area contributed by atoms with Gasteiger partial charge in [-0.2, -0.15) is 0 Å². The molecule has 0 aromatic carbocycles. The lowest BCUT2D eigenvalue weighted by Crippen LogP contribution is -2.47. The Morgan fingerprint density at radius 1 is 1.33 bits per heavy atom. The van der Waals surface area contributed by atoms with Crippen molar-refractivity contribution in [3.8, 4) is 0 Å². The lowest BCUT2D eigenvalue weighted by Gasteiger charge is -2.34. The summed E-state index contributed by atoms with van der Waals surface area (Å²) in [4.78, 5) is 18.4. The summed E-state index contributed by atoms with van der Waals surface area (Å²) >= 11 is 0. The van der Waals surface area contributed by atoms with Gasteiger partial charge >= 0.3 is 0 Å². The number of guanidine groups is 1. The van der Waals surface area contributed by atoms with Crippen molar-refractivity contribution in [3.05, 3.63) is 0 Å². The first-order valence-electron chi connectivity index (χ1n) is 7.90. The largest absolute Gasteiger partial charge is 0.359 e. The van der Waals surface area contributed by atoms with Gasteiger partial charge in [-0.1, -0.05) is 6.92 Å². The molecule has 0 bridgehead atoms. The van der Waals surface area contributed by atoms with Gasteiger partial charge in [0.05, 0.1) is 0 Å². The van der Waals surface area contributed by atoms with Gasteiger partial charge in [-0.3, -0.25) is 9.79 Å². The maximum atomic E-state index is 11.4. The van der Waals surface area contributed by atoms with Crippen molar-refractivity contribution in [2.75, 3.05) is 26.7 Å². The van der Waals surface area contributed by atoms with Crippen LogP contribution in [0, 0.1) is 11.8 Å². The lowest BCUT2D eigenvalue weighted by molar-refractivity contribution is -0.121. The number of nitrogens with zero attached hydrogens (tertiary/aromatic N) is 2. The molecule has 2 fully saturated rings. The minimum Gasteiger partial charge on any atom is -0.359 e. The molecule has 0 aromatic rings. The molecule has 1 heterocycles. The summed E-state index contributed by atoms with van der Waals surface area (Å²) in [6, 6.07) is 0.615. The van der Waals surface area contributed by atoms with Crippen LogP contribution in [-0.2, 0) is 4.79 Å². The fourth-order valence-electron chi connectivity index (χ4n) is 2.79. The molecule has 1 aliphatic carbocycles. The third kappa shape index (κ3) is 5.64. The Labute approximate surface area is 145 Å². The van der Waals surface area contributed by atoms with E-state index in [4.69, 9.17) is 0 Å². The van der Waals surface area contributed by atoms with Gasteiger partial charge in [0.15, 0.2) is 5.96 Å². The molecule has 1 saturated heterocycles. The number of rotatable bonds is 4. The van der Waals surface area contributed by atoms with Crippen LogP contribution in [0.5, 0.6) is 0 Å². The molecule has 6 heteroatoms. The minimum atomic E-state index is 0. The number of hydrogen-bond acceptors (Lipinski definition) is 2. The van der Waals surface area contributed by atoms with Gasteiger partial charge in [0.2, 0.25) is 5.91 Å². The average molecular weight is 408 g/mol. The van der Waals surface area contributed by atoms with Crippen molar-refractivity contribution in [3.63, 3.8) is 0 Å². The second kappa shape index (κ2) is 8.80. The predicted molar refractivity (Wildman–Crippen MR) is 97.1 cm³/mol. The number of likely N-dealkylation sites (tertiary alicyclic amines) is 1. The molecule has 1 amide bonds. The van der Waals surface area contributed by atoms with Crippen molar-refractivity contribution in [1.29, 1.82) is 0 Å². The molecule has 2 N–H and O–H groups in total. The first kappa shape index (κ1) is 18.5. The van der Waals surface area contributed by atoms with Crippen LogP contribution >= 0.6 is 24.0 Å². The minimum absolute atomic E-state index is 0. The van der Waals surface area contributed by atoms with Crippen molar-refractivity contribution in [2.45, 2.75) is 45.6 Å². The molecule has 2 rings (SSSR count). The molecule has 2 unspecified atom stereocenters.